The van der Waals surface area contributed by atoms with E-state index in [9.17, 15) is 13.2 Å². The molecule has 2 aromatic carbocycles. The Morgan fingerprint density at radius 1 is 1.00 bits per heavy atom. The molecule has 1 amide bonds. The number of carbonyl (C=O) groups is 1. The Balaban J connectivity index is 1.42. The third kappa shape index (κ3) is 3.89. The second kappa shape index (κ2) is 8.49. The van der Waals surface area contributed by atoms with Crippen LogP contribution in [-0.4, -0.2) is 31.7 Å². The zero-order valence-corrected chi connectivity index (χ0v) is 21.3. The minimum atomic E-state index is -3.57. The van der Waals surface area contributed by atoms with E-state index in [1.807, 2.05) is 13.8 Å². The van der Waals surface area contributed by atoms with E-state index in [2.05, 4.69) is 36.5 Å². The van der Waals surface area contributed by atoms with Gasteiger partial charge in [-0.15, -0.1) is 0 Å². The minimum Gasteiger partial charge on any atom is -0.326 e. The molecule has 4 fully saturated rings. The Hall–Kier alpha value is -2.18. The van der Waals surface area contributed by atoms with Crippen molar-refractivity contribution in [3.63, 3.8) is 0 Å². The molecule has 4 saturated carbocycles. The maximum Gasteiger partial charge on any atom is 0.243 e. The molecule has 0 aromatic heterocycles. The number of carbonyl (C=O) groups excluding carboxylic acids is 1. The summed E-state index contributed by atoms with van der Waals surface area (Å²) in [5, 5.41) is 3.14. The Labute approximate surface area is 204 Å². The van der Waals surface area contributed by atoms with E-state index in [4.69, 9.17) is 0 Å². The van der Waals surface area contributed by atoms with Crippen LogP contribution in [0.25, 0.3) is 0 Å². The maximum atomic E-state index is 13.8. The highest BCUT2D eigenvalue weighted by Crippen LogP contribution is 2.66. The molecular formula is C28H36N2O3S. The molecule has 0 heterocycles. The van der Waals surface area contributed by atoms with Gasteiger partial charge in [0.2, 0.25) is 15.9 Å². The van der Waals surface area contributed by atoms with E-state index >= 15 is 0 Å². The summed E-state index contributed by atoms with van der Waals surface area (Å²) < 4.78 is 27.4. The van der Waals surface area contributed by atoms with Crippen LogP contribution in [0.2, 0.25) is 0 Å². The summed E-state index contributed by atoms with van der Waals surface area (Å²) in [6.07, 6.45) is 6.37. The average molecular weight is 481 g/mol. The zero-order chi connectivity index (χ0) is 24.1. The van der Waals surface area contributed by atoms with Crippen molar-refractivity contribution in [2.24, 2.45) is 17.3 Å². The van der Waals surface area contributed by atoms with Gasteiger partial charge >= 0.3 is 0 Å². The van der Waals surface area contributed by atoms with E-state index in [1.54, 1.807) is 24.3 Å². The molecule has 1 N–H and O–H groups in total. The van der Waals surface area contributed by atoms with Gasteiger partial charge in [0.05, 0.1) is 10.3 Å². The van der Waals surface area contributed by atoms with Crippen molar-refractivity contribution in [3.05, 3.63) is 59.7 Å². The van der Waals surface area contributed by atoms with Crippen molar-refractivity contribution in [2.75, 3.05) is 18.4 Å². The molecule has 0 radical (unpaired) electrons. The lowest BCUT2D eigenvalue weighted by atomic mass is 9.42. The number of benzene rings is 2. The number of aryl methyl sites for hydroxylation is 1. The van der Waals surface area contributed by atoms with E-state index in [0.717, 1.165) is 19.3 Å². The normalized spacial score (nSPS) is 30.0. The van der Waals surface area contributed by atoms with Gasteiger partial charge in [-0.05, 0) is 86.5 Å². The number of amides is 1. The average Bonchev–Trinajstić information content (AvgIpc) is 2.79. The highest BCUT2D eigenvalue weighted by molar-refractivity contribution is 7.89. The van der Waals surface area contributed by atoms with Crippen LogP contribution in [-0.2, 0) is 20.2 Å². The van der Waals surface area contributed by atoms with Crippen LogP contribution in [0.5, 0.6) is 0 Å². The zero-order valence-electron chi connectivity index (χ0n) is 20.5. The fraction of sp³-hybridized carbons (Fsp3) is 0.536. The Bertz CT molecular complexity index is 1170. The van der Waals surface area contributed by atoms with Gasteiger partial charge in [0.15, 0.2) is 0 Å². The largest absolute Gasteiger partial charge is 0.326 e. The second-order valence-electron chi connectivity index (χ2n) is 11.0. The third-order valence-corrected chi connectivity index (χ3v) is 10.7. The van der Waals surface area contributed by atoms with Crippen molar-refractivity contribution in [1.29, 1.82) is 0 Å². The van der Waals surface area contributed by atoms with Gasteiger partial charge in [0, 0.05) is 18.8 Å². The molecule has 0 saturated heterocycles. The fourth-order valence-corrected chi connectivity index (χ4v) is 8.99. The summed E-state index contributed by atoms with van der Waals surface area (Å²) in [7, 11) is -3.57. The predicted octanol–water partition coefficient (Wildman–Crippen LogP) is 5.50. The lowest BCUT2D eigenvalue weighted by Gasteiger charge is -2.61. The van der Waals surface area contributed by atoms with Crippen LogP contribution in [0.3, 0.4) is 0 Å². The SMILES string of the molecule is CCN(CC)S(=O)(=O)c1cccc(NC(=O)C23C[C@H]4C[C@H](C2)CC(c2ccc(C)cc2)(C4)C3)c1. The molecule has 34 heavy (non-hydrogen) atoms. The Morgan fingerprint density at radius 3 is 2.26 bits per heavy atom. The van der Waals surface area contributed by atoms with E-state index < -0.39 is 10.0 Å². The molecule has 4 aliphatic rings. The first-order chi connectivity index (χ1) is 16.2. The summed E-state index contributed by atoms with van der Waals surface area (Å²) in [6.45, 7) is 6.63. The summed E-state index contributed by atoms with van der Waals surface area (Å²) in [5.74, 6) is 1.24. The van der Waals surface area contributed by atoms with Crippen molar-refractivity contribution < 1.29 is 13.2 Å². The van der Waals surface area contributed by atoms with Gasteiger partial charge in [-0.25, -0.2) is 8.42 Å². The monoisotopic (exact) mass is 480 g/mol. The highest BCUT2D eigenvalue weighted by atomic mass is 32.2. The molecular weight excluding hydrogens is 444 g/mol. The lowest BCUT2D eigenvalue weighted by Crippen LogP contribution is -2.58. The first kappa shape index (κ1) is 23.6. The Kier molecular flexibility index (Phi) is 5.88. The summed E-state index contributed by atoms with van der Waals surface area (Å²) in [6, 6.07) is 15.7. The van der Waals surface area contributed by atoms with Crippen LogP contribution >= 0.6 is 0 Å². The van der Waals surface area contributed by atoms with Crippen LogP contribution in [0.15, 0.2) is 53.4 Å². The van der Waals surface area contributed by atoms with E-state index in [0.29, 0.717) is 30.6 Å². The molecule has 2 atom stereocenters. The topological polar surface area (TPSA) is 66.5 Å². The van der Waals surface area contributed by atoms with Crippen LogP contribution in [0.1, 0.15) is 63.5 Å². The molecule has 182 valence electrons. The van der Waals surface area contributed by atoms with E-state index in [-0.39, 0.29) is 21.6 Å². The quantitative estimate of drug-likeness (QED) is 0.569. The summed E-state index contributed by atoms with van der Waals surface area (Å²) in [5.41, 5.74) is 2.93. The lowest BCUT2D eigenvalue weighted by molar-refractivity contribution is -0.143. The van der Waals surface area contributed by atoms with Crippen LogP contribution in [0.4, 0.5) is 5.69 Å². The molecule has 5 nitrogen and oxygen atoms in total. The van der Waals surface area contributed by atoms with Gasteiger partial charge in [-0.1, -0.05) is 49.7 Å². The fourth-order valence-electron chi connectivity index (χ4n) is 7.48. The molecule has 6 rings (SSSR count). The maximum absolute atomic E-state index is 13.8. The number of sulfonamides is 1. The number of hydrogen-bond donors (Lipinski definition) is 1. The van der Waals surface area contributed by atoms with Gasteiger partial charge in [0.1, 0.15) is 0 Å². The number of rotatable bonds is 7. The Morgan fingerprint density at radius 2 is 1.65 bits per heavy atom. The second-order valence-corrected chi connectivity index (χ2v) is 12.9. The molecule has 6 heteroatoms. The number of nitrogens with zero attached hydrogens (tertiary/aromatic N) is 1. The molecule has 2 aromatic rings. The van der Waals surface area contributed by atoms with Crippen molar-refractivity contribution in [3.8, 4) is 0 Å². The highest BCUT2D eigenvalue weighted by Gasteiger charge is 2.60. The number of anilines is 1. The summed E-state index contributed by atoms with van der Waals surface area (Å²) in [4.78, 5) is 14.1. The predicted molar refractivity (Wildman–Crippen MR) is 135 cm³/mol. The first-order valence-electron chi connectivity index (χ1n) is 12.7. The van der Waals surface area contributed by atoms with Crippen molar-refractivity contribution >= 4 is 21.6 Å². The molecule has 0 unspecified atom stereocenters. The van der Waals surface area contributed by atoms with Crippen molar-refractivity contribution in [2.45, 2.75) is 69.6 Å². The van der Waals surface area contributed by atoms with Gasteiger partial charge in [-0.3, -0.25) is 4.79 Å². The summed E-state index contributed by atoms with van der Waals surface area (Å²) >= 11 is 0. The first-order valence-corrected chi connectivity index (χ1v) is 14.1. The molecule has 4 aliphatic carbocycles. The number of nitrogens with one attached hydrogen (secondary N) is 1. The van der Waals surface area contributed by atoms with E-state index in [1.165, 1.54) is 34.7 Å². The van der Waals surface area contributed by atoms with Gasteiger partial charge in [-0.2, -0.15) is 4.31 Å². The van der Waals surface area contributed by atoms with Gasteiger partial charge < -0.3 is 5.32 Å². The van der Waals surface area contributed by atoms with Gasteiger partial charge in [0.25, 0.3) is 0 Å². The van der Waals surface area contributed by atoms with Crippen LogP contribution < -0.4 is 5.32 Å². The molecule has 0 spiro atoms. The minimum absolute atomic E-state index is 0.0653. The smallest absolute Gasteiger partial charge is 0.243 e. The van der Waals surface area contributed by atoms with Crippen LogP contribution in [0, 0.1) is 24.2 Å². The standard InChI is InChI=1S/C28H36N2O3S/c1-4-30(5-2)34(32,33)25-8-6-7-24(14-25)29-26(31)28-17-21-13-22(18-28)16-27(15-21,19-28)23-11-9-20(3)10-12-23/h6-12,14,21-22H,4-5,13,15-19H2,1-3H3,(H,29,31)/t21-,22-,27?,28?/m0/s1. The molecule has 4 bridgehead atoms. The number of hydrogen-bond acceptors (Lipinski definition) is 3. The van der Waals surface area contributed by atoms with Crippen molar-refractivity contribution in [1.82, 2.24) is 4.31 Å². The third-order valence-electron chi connectivity index (χ3n) is 8.64. The molecule has 0 aliphatic heterocycles.